The summed E-state index contributed by atoms with van der Waals surface area (Å²) in [7, 11) is 3.69. The number of rotatable bonds is 2. The van der Waals surface area contributed by atoms with Crippen LogP contribution in [0.4, 0.5) is 5.95 Å². The van der Waals surface area contributed by atoms with Crippen LogP contribution in [0.2, 0.25) is 5.28 Å². The van der Waals surface area contributed by atoms with Crippen LogP contribution < -0.4 is 4.90 Å². The van der Waals surface area contributed by atoms with Gasteiger partial charge in [0, 0.05) is 19.5 Å². The Labute approximate surface area is 121 Å². The molecule has 0 aliphatic heterocycles. The maximum absolute atomic E-state index is 5.94. The molecule has 0 unspecified atom stereocenters. The molecule has 0 saturated heterocycles. The van der Waals surface area contributed by atoms with Crippen LogP contribution in [-0.2, 0) is 0 Å². The van der Waals surface area contributed by atoms with Gasteiger partial charge in [0.2, 0.25) is 17.1 Å². The summed E-state index contributed by atoms with van der Waals surface area (Å²) in [5.74, 6) is 1.51. The molecule has 0 N–H and O–H groups in total. The molecule has 0 fully saturated rings. The van der Waals surface area contributed by atoms with E-state index in [0.717, 1.165) is 11.0 Å². The van der Waals surface area contributed by atoms with Crippen LogP contribution in [0.25, 0.3) is 22.6 Å². The predicted octanol–water partition coefficient (Wildman–Crippen LogP) is 3.31. The summed E-state index contributed by atoms with van der Waals surface area (Å²) >= 11 is 5.94. The molecule has 102 valence electrons. The summed E-state index contributed by atoms with van der Waals surface area (Å²) in [6, 6.07) is 7.90. The Bertz CT molecular complexity index is 782. The number of benzene rings is 1. The zero-order valence-electron chi connectivity index (χ0n) is 11.4. The lowest BCUT2D eigenvalue weighted by molar-refractivity contribution is 0.624. The van der Waals surface area contributed by atoms with E-state index in [0.29, 0.717) is 17.5 Å². The summed E-state index contributed by atoms with van der Waals surface area (Å²) in [4.78, 5) is 14.3. The fraction of sp³-hybridized carbons (Fsp3) is 0.214. The molecule has 20 heavy (non-hydrogen) atoms. The molecule has 0 atom stereocenters. The van der Waals surface area contributed by atoms with Crippen molar-refractivity contribution in [3.05, 3.63) is 35.1 Å². The Balaban J connectivity index is 2.15. The zero-order chi connectivity index (χ0) is 14.3. The van der Waals surface area contributed by atoms with Crippen molar-refractivity contribution in [3.8, 4) is 11.6 Å². The first-order valence-electron chi connectivity index (χ1n) is 6.12. The minimum atomic E-state index is 0.148. The van der Waals surface area contributed by atoms with E-state index in [1.54, 1.807) is 4.90 Å². The van der Waals surface area contributed by atoms with E-state index in [-0.39, 0.29) is 5.28 Å². The highest BCUT2D eigenvalue weighted by Gasteiger charge is 2.13. The van der Waals surface area contributed by atoms with Gasteiger partial charge in [-0.15, -0.1) is 0 Å². The molecular formula is C14H13ClN4O. The Hall–Kier alpha value is -2.14. The van der Waals surface area contributed by atoms with Gasteiger partial charge in [-0.1, -0.05) is 11.6 Å². The summed E-state index contributed by atoms with van der Waals surface area (Å²) in [5.41, 5.74) is 1.97. The van der Waals surface area contributed by atoms with Crippen LogP contribution in [0.3, 0.4) is 0 Å². The van der Waals surface area contributed by atoms with Gasteiger partial charge in [-0.05, 0) is 36.7 Å². The Morgan fingerprint density at radius 1 is 1.10 bits per heavy atom. The quantitative estimate of drug-likeness (QED) is 0.724. The van der Waals surface area contributed by atoms with E-state index in [1.807, 2.05) is 39.2 Å². The lowest BCUT2D eigenvalue weighted by Crippen LogP contribution is -2.13. The lowest BCUT2D eigenvalue weighted by Gasteiger charge is -2.09. The average Bonchev–Trinajstić information content (AvgIpc) is 2.80. The maximum atomic E-state index is 5.94. The van der Waals surface area contributed by atoms with Gasteiger partial charge in [0.1, 0.15) is 5.58 Å². The van der Waals surface area contributed by atoms with Crippen LogP contribution in [0.15, 0.2) is 28.7 Å². The normalized spacial score (nSPS) is 11.0. The highest BCUT2D eigenvalue weighted by molar-refractivity contribution is 6.28. The predicted molar refractivity (Wildman–Crippen MR) is 79.1 cm³/mol. The number of aryl methyl sites for hydroxylation is 1. The number of fused-ring (bicyclic) bond motifs is 1. The molecule has 5 nitrogen and oxygen atoms in total. The number of furan rings is 1. The Morgan fingerprint density at radius 3 is 2.65 bits per heavy atom. The van der Waals surface area contributed by atoms with E-state index in [2.05, 4.69) is 21.0 Å². The summed E-state index contributed by atoms with van der Waals surface area (Å²) < 4.78 is 5.77. The number of hydrogen-bond donors (Lipinski definition) is 0. The molecule has 1 aromatic carbocycles. The zero-order valence-corrected chi connectivity index (χ0v) is 12.1. The first-order valence-corrected chi connectivity index (χ1v) is 6.50. The molecular weight excluding hydrogens is 276 g/mol. The minimum absolute atomic E-state index is 0.148. The van der Waals surface area contributed by atoms with Crippen molar-refractivity contribution in [1.82, 2.24) is 15.0 Å². The van der Waals surface area contributed by atoms with Crippen LogP contribution in [0.5, 0.6) is 0 Å². The topological polar surface area (TPSA) is 55.1 Å². The van der Waals surface area contributed by atoms with Gasteiger partial charge in [-0.3, -0.25) is 0 Å². The molecule has 0 bridgehead atoms. The van der Waals surface area contributed by atoms with Crippen LogP contribution in [-0.4, -0.2) is 29.0 Å². The van der Waals surface area contributed by atoms with Gasteiger partial charge < -0.3 is 9.32 Å². The second-order valence-electron chi connectivity index (χ2n) is 4.77. The molecule has 0 aliphatic carbocycles. The fourth-order valence-electron chi connectivity index (χ4n) is 1.92. The molecule has 0 amide bonds. The largest absolute Gasteiger partial charge is 0.453 e. The van der Waals surface area contributed by atoms with E-state index in [1.165, 1.54) is 5.56 Å². The molecule has 3 aromatic rings. The van der Waals surface area contributed by atoms with Crippen LogP contribution >= 0.6 is 11.6 Å². The third-order valence-electron chi connectivity index (χ3n) is 2.89. The monoisotopic (exact) mass is 288 g/mol. The number of halogens is 1. The molecule has 0 radical (unpaired) electrons. The van der Waals surface area contributed by atoms with Crippen LogP contribution in [0.1, 0.15) is 5.56 Å². The van der Waals surface area contributed by atoms with Gasteiger partial charge >= 0.3 is 0 Å². The lowest BCUT2D eigenvalue weighted by atomic mass is 10.2. The maximum Gasteiger partial charge on any atom is 0.229 e. The van der Waals surface area contributed by atoms with E-state index in [9.17, 15) is 0 Å². The molecule has 0 aliphatic rings. The fourth-order valence-corrected chi connectivity index (χ4v) is 2.08. The second kappa shape index (κ2) is 4.76. The SMILES string of the molecule is Cc1ccc2oc(-c3nc(Cl)nc(N(C)C)n3)cc2c1. The van der Waals surface area contributed by atoms with Crippen molar-refractivity contribution in [2.45, 2.75) is 6.92 Å². The molecule has 6 heteroatoms. The van der Waals surface area contributed by atoms with Crippen molar-refractivity contribution < 1.29 is 4.42 Å². The third kappa shape index (κ3) is 2.32. The van der Waals surface area contributed by atoms with Crippen LogP contribution in [0, 0.1) is 6.92 Å². The smallest absolute Gasteiger partial charge is 0.229 e. The first kappa shape index (κ1) is 12.9. The second-order valence-corrected chi connectivity index (χ2v) is 5.11. The van der Waals surface area contributed by atoms with E-state index >= 15 is 0 Å². The Kier molecular flexibility index (Phi) is 3.06. The van der Waals surface area contributed by atoms with Crippen molar-refractivity contribution in [2.24, 2.45) is 0 Å². The molecule has 0 spiro atoms. The number of anilines is 1. The molecule has 2 aromatic heterocycles. The third-order valence-corrected chi connectivity index (χ3v) is 3.06. The standard InChI is InChI=1S/C14H13ClN4O/c1-8-4-5-10-9(6-8)7-11(20-10)12-16-13(15)18-14(17-12)19(2)3/h4-7H,1-3H3. The van der Waals surface area contributed by atoms with Gasteiger partial charge in [0.05, 0.1) is 0 Å². The summed E-state index contributed by atoms with van der Waals surface area (Å²) in [5, 5.41) is 1.17. The van der Waals surface area contributed by atoms with Crippen molar-refractivity contribution in [3.63, 3.8) is 0 Å². The van der Waals surface area contributed by atoms with Crippen molar-refractivity contribution in [2.75, 3.05) is 19.0 Å². The van der Waals surface area contributed by atoms with E-state index in [4.69, 9.17) is 16.0 Å². The highest BCUT2D eigenvalue weighted by Crippen LogP contribution is 2.27. The average molecular weight is 289 g/mol. The molecule has 3 rings (SSSR count). The van der Waals surface area contributed by atoms with Gasteiger partial charge in [-0.2, -0.15) is 15.0 Å². The first-order chi connectivity index (χ1) is 9.52. The van der Waals surface area contributed by atoms with Crippen molar-refractivity contribution in [1.29, 1.82) is 0 Å². The molecule has 2 heterocycles. The van der Waals surface area contributed by atoms with Gasteiger partial charge in [0.15, 0.2) is 5.76 Å². The Morgan fingerprint density at radius 2 is 1.90 bits per heavy atom. The van der Waals surface area contributed by atoms with Crippen molar-refractivity contribution >= 4 is 28.5 Å². The summed E-state index contributed by atoms with van der Waals surface area (Å²) in [6.45, 7) is 2.04. The van der Waals surface area contributed by atoms with Gasteiger partial charge in [0.25, 0.3) is 0 Å². The highest BCUT2D eigenvalue weighted by atomic mass is 35.5. The number of hydrogen-bond acceptors (Lipinski definition) is 5. The van der Waals surface area contributed by atoms with Gasteiger partial charge in [-0.25, -0.2) is 0 Å². The number of nitrogens with zero attached hydrogens (tertiary/aromatic N) is 4. The minimum Gasteiger partial charge on any atom is -0.453 e. The summed E-state index contributed by atoms with van der Waals surface area (Å²) in [6.07, 6.45) is 0. The van der Waals surface area contributed by atoms with E-state index < -0.39 is 0 Å². The molecule has 0 saturated carbocycles. The number of aromatic nitrogens is 3.